The number of halogens is 1. The van der Waals surface area contributed by atoms with Gasteiger partial charge in [-0.05, 0) is 30.0 Å². The number of rotatable bonds is 5. The van der Waals surface area contributed by atoms with E-state index in [2.05, 4.69) is 20.9 Å². The Morgan fingerprint density at radius 1 is 1.33 bits per heavy atom. The molecule has 0 saturated carbocycles. The van der Waals surface area contributed by atoms with Gasteiger partial charge in [-0.1, -0.05) is 0 Å². The molecule has 0 bridgehead atoms. The Kier molecular flexibility index (Phi) is 5.18. The Bertz CT molecular complexity index is 429. The molecule has 0 saturated heterocycles. The number of nitrogens with one attached hydrogen (secondary N) is 1. The van der Waals surface area contributed by atoms with Gasteiger partial charge in [-0.3, -0.25) is 4.79 Å². The topological polar surface area (TPSA) is 91.4 Å². The van der Waals surface area contributed by atoms with E-state index < -0.39 is 0 Å². The summed E-state index contributed by atoms with van der Waals surface area (Å²) >= 11 is 3.36. The third-order valence-corrected chi connectivity index (χ3v) is 3.59. The number of nitrogens with two attached hydrogens (primary N) is 2. The zero-order chi connectivity index (χ0) is 13.9. The summed E-state index contributed by atoms with van der Waals surface area (Å²) in [6.45, 7) is 1.74. The molecule has 0 atom stereocenters. The molecule has 0 aliphatic carbocycles. The van der Waals surface area contributed by atoms with Gasteiger partial charge in [-0.2, -0.15) is 0 Å². The van der Waals surface area contributed by atoms with Gasteiger partial charge in [0, 0.05) is 32.2 Å². The Hall–Kier alpha value is -1.05. The Morgan fingerprint density at radius 3 is 2.39 bits per heavy atom. The lowest BCUT2D eigenvalue weighted by Gasteiger charge is -2.19. The van der Waals surface area contributed by atoms with Crippen LogP contribution in [0.4, 0.5) is 5.82 Å². The summed E-state index contributed by atoms with van der Waals surface area (Å²) in [5.41, 5.74) is 12.5. The fourth-order valence-corrected chi connectivity index (χ4v) is 2.17. The third-order valence-electron chi connectivity index (χ3n) is 2.72. The Labute approximate surface area is 115 Å². The monoisotopic (exact) mass is 317 g/mol. The summed E-state index contributed by atoms with van der Waals surface area (Å²) in [4.78, 5) is 18.8. The number of anilines is 1. The summed E-state index contributed by atoms with van der Waals surface area (Å²) in [7, 11) is 5.69. The summed E-state index contributed by atoms with van der Waals surface area (Å²) in [5, 5.41) is 0. The number of hydrogen-bond donors (Lipinski definition) is 3. The predicted octanol–water partition coefficient (Wildman–Crippen LogP) is 0.452. The number of likely N-dealkylation sites (N-methyl/N-ethyl adjacent to an activating group) is 2. The molecular formula is C11H20BrN5O. The zero-order valence-electron chi connectivity index (χ0n) is 11.0. The first kappa shape index (κ1) is 15.0. The molecule has 1 aromatic rings. The van der Waals surface area contributed by atoms with E-state index in [0.717, 1.165) is 12.1 Å². The lowest BCUT2D eigenvalue weighted by atomic mass is 10.3. The van der Waals surface area contributed by atoms with Crippen LogP contribution in [0.5, 0.6) is 0 Å². The number of nitrogens with zero attached hydrogens (tertiary/aromatic N) is 2. The van der Waals surface area contributed by atoms with Gasteiger partial charge in [0.2, 0.25) is 0 Å². The van der Waals surface area contributed by atoms with Crippen molar-refractivity contribution in [3.05, 3.63) is 15.7 Å². The summed E-state index contributed by atoms with van der Waals surface area (Å²) in [6, 6.07) is 0. The molecule has 0 aliphatic heterocycles. The van der Waals surface area contributed by atoms with Crippen LogP contribution >= 0.6 is 15.9 Å². The minimum absolute atomic E-state index is 0.102. The van der Waals surface area contributed by atoms with Crippen LogP contribution in [0.2, 0.25) is 0 Å². The zero-order valence-corrected chi connectivity index (χ0v) is 12.5. The molecule has 1 rings (SSSR count). The summed E-state index contributed by atoms with van der Waals surface area (Å²) in [5.74, 6) is 0.337. The number of nitrogen functional groups attached to an aromatic ring is 1. The standard InChI is InChI=1S/C11H20BrN5O/c1-16(2)4-5-17(3)11(18)9-8(12)7(6-13)10(14)15-9/h15H,4-6,13-14H2,1-3H3. The lowest BCUT2D eigenvalue weighted by molar-refractivity contribution is 0.0780. The van der Waals surface area contributed by atoms with Crippen molar-refractivity contribution < 1.29 is 4.79 Å². The minimum Gasteiger partial charge on any atom is -0.385 e. The quantitative estimate of drug-likeness (QED) is 0.735. The molecular weight excluding hydrogens is 298 g/mol. The highest BCUT2D eigenvalue weighted by Gasteiger charge is 2.21. The van der Waals surface area contributed by atoms with Crippen molar-refractivity contribution in [2.45, 2.75) is 6.54 Å². The summed E-state index contributed by atoms with van der Waals surface area (Å²) in [6.07, 6.45) is 0. The van der Waals surface area contributed by atoms with Crippen molar-refractivity contribution in [3.8, 4) is 0 Å². The lowest BCUT2D eigenvalue weighted by Crippen LogP contribution is -2.33. The number of carbonyl (C=O) groups is 1. The predicted molar refractivity (Wildman–Crippen MR) is 76.3 cm³/mol. The number of H-pyrrole nitrogens is 1. The van der Waals surface area contributed by atoms with Gasteiger partial charge in [0.15, 0.2) is 0 Å². The Morgan fingerprint density at radius 2 is 1.94 bits per heavy atom. The average Bonchev–Trinajstić information content (AvgIpc) is 2.60. The van der Waals surface area contributed by atoms with Gasteiger partial charge < -0.3 is 26.3 Å². The van der Waals surface area contributed by atoms with Crippen molar-refractivity contribution in [3.63, 3.8) is 0 Å². The maximum Gasteiger partial charge on any atom is 0.271 e. The molecule has 0 radical (unpaired) electrons. The maximum absolute atomic E-state index is 12.2. The molecule has 18 heavy (non-hydrogen) atoms. The van der Waals surface area contributed by atoms with E-state index in [4.69, 9.17) is 11.5 Å². The smallest absolute Gasteiger partial charge is 0.271 e. The number of aromatic amines is 1. The molecule has 5 N–H and O–H groups in total. The fraction of sp³-hybridized carbons (Fsp3) is 0.545. The normalized spacial score (nSPS) is 11.0. The van der Waals surface area contributed by atoms with Crippen LogP contribution in [0.25, 0.3) is 0 Å². The van der Waals surface area contributed by atoms with Crippen LogP contribution < -0.4 is 11.5 Å². The average molecular weight is 318 g/mol. The Balaban J connectivity index is 2.84. The van der Waals surface area contributed by atoms with Crippen molar-refractivity contribution in [2.75, 3.05) is 40.0 Å². The molecule has 0 unspecified atom stereocenters. The number of hydrogen-bond acceptors (Lipinski definition) is 4. The second-order valence-electron chi connectivity index (χ2n) is 4.44. The first-order valence-corrected chi connectivity index (χ1v) is 6.43. The summed E-state index contributed by atoms with van der Waals surface area (Å²) < 4.78 is 0.657. The van der Waals surface area contributed by atoms with E-state index in [1.165, 1.54) is 0 Å². The van der Waals surface area contributed by atoms with Gasteiger partial charge in [0.25, 0.3) is 5.91 Å². The molecule has 7 heteroatoms. The molecule has 0 aliphatic rings. The van der Waals surface area contributed by atoms with Crippen molar-refractivity contribution in [1.29, 1.82) is 0 Å². The van der Waals surface area contributed by atoms with Crippen LogP contribution in [-0.2, 0) is 6.54 Å². The van der Waals surface area contributed by atoms with E-state index in [0.29, 0.717) is 22.5 Å². The number of carbonyl (C=O) groups excluding carboxylic acids is 1. The number of amides is 1. The number of aromatic nitrogens is 1. The van der Waals surface area contributed by atoms with Crippen LogP contribution in [0, 0.1) is 0 Å². The molecule has 0 spiro atoms. The maximum atomic E-state index is 12.2. The van der Waals surface area contributed by atoms with Gasteiger partial charge in [0.1, 0.15) is 11.5 Å². The van der Waals surface area contributed by atoms with Crippen LogP contribution in [-0.4, -0.2) is 54.9 Å². The first-order chi connectivity index (χ1) is 8.38. The second-order valence-corrected chi connectivity index (χ2v) is 5.23. The largest absolute Gasteiger partial charge is 0.385 e. The van der Waals surface area contributed by atoms with Gasteiger partial charge in [-0.25, -0.2) is 0 Å². The minimum atomic E-state index is -0.102. The third kappa shape index (κ3) is 3.24. The second kappa shape index (κ2) is 6.21. The van der Waals surface area contributed by atoms with E-state index in [1.807, 2.05) is 19.0 Å². The first-order valence-electron chi connectivity index (χ1n) is 5.64. The molecule has 1 amide bonds. The molecule has 1 aromatic heterocycles. The highest BCUT2D eigenvalue weighted by molar-refractivity contribution is 9.10. The van der Waals surface area contributed by atoms with E-state index in [-0.39, 0.29) is 12.5 Å². The van der Waals surface area contributed by atoms with Crippen molar-refractivity contribution >= 4 is 27.7 Å². The van der Waals surface area contributed by atoms with Crippen molar-refractivity contribution in [2.24, 2.45) is 5.73 Å². The highest BCUT2D eigenvalue weighted by atomic mass is 79.9. The van der Waals surface area contributed by atoms with E-state index in [9.17, 15) is 4.79 Å². The van der Waals surface area contributed by atoms with Crippen LogP contribution in [0.1, 0.15) is 16.1 Å². The van der Waals surface area contributed by atoms with Gasteiger partial charge in [-0.15, -0.1) is 0 Å². The van der Waals surface area contributed by atoms with E-state index in [1.54, 1.807) is 11.9 Å². The van der Waals surface area contributed by atoms with E-state index >= 15 is 0 Å². The van der Waals surface area contributed by atoms with Crippen LogP contribution in [0.15, 0.2) is 4.47 Å². The molecule has 102 valence electrons. The van der Waals surface area contributed by atoms with Crippen molar-refractivity contribution in [1.82, 2.24) is 14.8 Å². The molecule has 1 heterocycles. The van der Waals surface area contributed by atoms with Gasteiger partial charge in [0.05, 0.1) is 4.47 Å². The van der Waals surface area contributed by atoms with Gasteiger partial charge >= 0.3 is 0 Å². The highest BCUT2D eigenvalue weighted by Crippen LogP contribution is 2.27. The SMILES string of the molecule is CN(C)CCN(C)C(=O)c1[nH]c(N)c(CN)c1Br. The molecule has 0 aromatic carbocycles. The molecule has 0 fully saturated rings. The molecule has 6 nitrogen and oxygen atoms in total. The fourth-order valence-electron chi connectivity index (χ4n) is 1.52. The van der Waals surface area contributed by atoms with Crippen LogP contribution in [0.3, 0.4) is 0 Å².